The standard InChI is InChI=1S/C26H34N6O2S2/c1-17(2)34-26(33)31-19-7-5-18(6-8-19)24-29-16-23(35-24)21-10-9-20(30-25-27-11-12-28-25)15-22(21)36-32-13-3-4-14-32/h9-12,15-19H,3-8,13-14H2,1-2H3,(H,31,33)(H2,27,28,30)/t18-,19-. The van der Waals surface area contributed by atoms with Gasteiger partial charge in [0.2, 0.25) is 5.95 Å². The van der Waals surface area contributed by atoms with E-state index in [-0.39, 0.29) is 18.2 Å². The Bertz CT molecular complexity index is 1140. The Hall–Kier alpha value is -2.56. The number of thiazole rings is 1. The van der Waals surface area contributed by atoms with E-state index in [1.165, 1.54) is 33.2 Å². The summed E-state index contributed by atoms with van der Waals surface area (Å²) in [6.45, 7) is 5.98. The first-order valence-electron chi connectivity index (χ1n) is 12.8. The second-order valence-electron chi connectivity index (χ2n) is 9.71. The minimum Gasteiger partial charge on any atom is -0.447 e. The van der Waals surface area contributed by atoms with E-state index in [9.17, 15) is 4.79 Å². The number of nitrogens with zero attached hydrogens (tertiary/aromatic N) is 3. The van der Waals surface area contributed by atoms with Gasteiger partial charge in [-0.15, -0.1) is 11.3 Å². The predicted molar refractivity (Wildman–Crippen MR) is 146 cm³/mol. The first-order valence-corrected chi connectivity index (χ1v) is 14.4. The quantitative estimate of drug-likeness (QED) is 0.287. The van der Waals surface area contributed by atoms with E-state index in [1.54, 1.807) is 17.5 Å². The molecule has 0 atom stereocenters. The molecule has 2 aromatic heterocycles. The molecule has 5 rings (SSSR count). The number of carbonyl (C=O) groups is 1. The van der Waals surface area contributed by atoms with Crippen LogP contribution in [0.3, 0.4) is 0 Å². The summed E-state index contributed by atoms with van der Waals surface area (Å²) in [7, 11) is 0. The van der Waals surface area contributed by atoms with Crippen LogP contribution in [-0.2, 0) is 4.74 Å². The summed E-state index contributed by atoms with van der Waals surface area (Å²) in [5.41, 5.74) is 2.24. The van der Waals surface area contributed by atoms with Gasteiger partial charge in [-0.25, -0.2) is 19.1 Å². The number of aromatic amines is 1. The van der Waals surface area contributed by atoms with Crippen molar-refractivity contribution < 1.29 is 9.53 Å². The van der Waals surface area contributed by atoms with Gasteiger partial charge in [-0.3, -0.25) is 0 Å². The molecule has 3 aromatic rings. The van der Waals surface area contributed by atoms with E-state index >= 15 is 0 Å². The number of benzene rings is 1. The van der Waals surface area contributed by atoms with Gasteiger partial charge < -0.3 is 20.4 Å². The Balaban J connectivity index is 1.27. The second-order valence-corrected chi connectivity index (χ2v) is 11.9. The topological polar surface area (TPSA) is 95.2 Å². The normalized spacial score (nSPS) is 20.5. The summed E-state index contributed by atoms with van der Waals surface area (Å²) in [6.07, 6.45) is 11.7. The summed E-state index contributed by atoms with van der Waals surface area (Å²) >= 11 is 3.65. The van der Waals surface area contributed by atoms with Crippen molar-refractivity contribution in [3.8, 4) is 10.4 Å². The van der Waals surface area contributed by atoms with Gasteiger partial charge in [0.1, 0.15) is 0 Å². The summed E-state index contributed by atoms with van der Waals surface area (Å²) < 4.78 is 7.69. The van der Waals surface area contributed by atoms with E-state index in [4.69, 9.17) is 9.72 Å². The minimum atomic E-state index is -0.307. The molecule has 0 bridgehead atoms. The summed E-state index contributed by atoms with van der Waals surface area (Å²) in [5.74, 6) is 1.18. The Morgan fingerprint density at radius 2 is 2.00 bits per heavy atom. The van der Waals surface area contributed by atoms with Crippen LogP contribution in [-0.4, -0.2) is 50.6 Å². The zero-order valence-electron chi connectivity index (χ0n) is 20.8. The van der Waals surface area contributed by atoms with E-state index in [0.29, 0.717) is 5.92 Å². The molecule has 36 heavy (non-hydrogen) atoms. The molecule has 1 aliphatic carbocycles. The predicted octanol–water partition coefficient (Wildman–Crippen LogP) is 6.54. The summed E-state index contributed by atoms with van der Waals surface area (Å²) in [5, 5.41) is 7.58. The first kappa shape index (κ1) is 25.1. The van der Waals surface area contributed by atoms with Gasteiger partial charge in [0.15, 0.2) is 0 Å². The molecule has 10 heteroatoms. The Labute approximate surface area is 220 Å². The number of imidazole rings is 1. The minimum absolute atomic E-state index is 0.0985. The Kier molecular flexibility index (Phi) is 8.13. The number of aromatic nitrogens is 3. The first-order chi connectivity index (χ1) is 17.5. The Morgan fingerprint density at radius 1 is 1.19 bits per heavy atom. The lowest BCUT2D eigenvalue weighted by molar-refractivity contribution is 0.109. The van der Waals surface area contributed by atoms with E-state index in [2.05, 4.69) is 43.1 Å². The molecule has 2 fully saturated rings. The molecule has 3 heterocycles. The highest BCUT2D eigenvalue weighted by Crippen LogP contribution is 2.42. The highest BCUT2D eigenvalue weighted by atomic mass is 32.2. The molecule has 2 aliphatic rings. The smallest absolute Gasteiger partial charge is 0.407 e. The molecule has 1 saturated heterocycles. The number of hydrogen-bond acceptors (Lipinski definition) is 8. The van der Waals surface area contributed by atoms with Crippen LogP contribution in [0.4, 0.5) is 16.4 Å². The third-order valence-corrected chi connectivity index (χ3v) is 8.92. The van der Waals surface area contributed by atoms with Gasteiger partial charge >= 0.3 is 6.09 Å². The fourth-order valence-corrected chi connectivity index (χ4v) is 7.13. The molecule has 1 amide bonds. The van der Waals surface area contributed by atoms with E-state index in [1.807, 2.05) is 38.2 Å². The third kappa shape index (κ3) is 6.41. The molecule has 0 unspecified atom stereocenters. The number of ether oxygens (including phenoxy) is 1. The van der Waals surface area contributed by atoms with Crippen molar-refractivity contribution in [2.45, 2.75) is 75.3 Å². The van der Waals surface area contributed by atoms with Crippen molar-refractivity contribution in [3.05, 3.63) is 41.8 Å². The molecule has 1 saturated carbocycles. The number of nitrogens with one attached hydrogen (secondary N) is 3. The molecule has 1 aliphatic heterocycles. The van der Waals surface area contributed by atoms with Crippen molar-refractivity contribution in [2.24, 2.45) is 0 Å². The molecule has 8 nitrogen and oxygen atoms in total. The van der Waals surface area contributed by atoms with Gasteiger partial charge in [-0.1, -0.05) is 6.07 Å². The maximum Gasteiger partial charge on any atom is 0.407 e. The fraction of sp³-hybridized carbons (Fsp3) is 0.500. The number of rotatable bonds is 8. The van der Waals surface area contributed by atoms with Crippen LogP contribution in [0.25, 0.3) is 10.4 Å². The largest absolute Gasteiger partial charge is 0.447 e. The molecule has 1 aromatic carbocycles. The maximum absolute atomic E-state index is 11.9. The number of hydrogen-bond donors (Lipinski definition) is 3. The van der Waals surface area contributed by atoms with Crippen LogP contribution in [0.5, 0.6) is 0 Å². The number of alkyl carbamates (subject to hydrolysis) is 1. The summed E-state index contributed by atoms with van der Waals surface area (Å²) in [6, 6.07) is 6.71. The number of amides is 1. The molecular formula is C26H34N6O2S2. The van der Waals surface area contributed by atoms with E-state index in [0.717, 1.165) is 50.4 Å². The van der Waals surface area contributed by atoms with Crippen LogP contribution in [0, 0.1) is 0 Å². The summed E-state index contributed by atoms with van der Waals surface area (Å²) in [4.78, 5) is 26.6. The van der Waals surface area contributed by atoms with Gasteiger partial charge in [-0.05, 0) is 76.5 Å². The van der Waals surface area contributed by atoms with Crippen molar-refractivity contribution in [2.75, 3.05) is 18.4 Å². The molecule has 192 valence electrons. The van der Waals surface area contributed by atoms with Crippen molar-refractivity contribution in [3.63, 3.8) is 0 Å². The molecule has 3 N–H and O–H groups in total. The van der Waals surface area contributed by atoms with Crippen LogP contribution in [0.1, 0.15) is 63.3 Å². The third-order valence-electron chi connectivity index (χ3n) is 6.57. The van der Waals surface area contributed by atoms with E-state index < -0.39 is 0 Å². The van der Waals surface area contributed by atoms with Crippen LogP contribution in [0.2, 0.25) is 0 Å². The van der Waals surface area contributed by atoms with Gasteiger partial charge in [0.05, 0.1) is 16.0 Å². The van der Waals surface area contributed by atoms with Crippen LogP contribution < -0.4 is 10.6 Å². The van der Waals surface area contributed by atoms with Gasteiger partial charge in [-0.2, -0.15) is 0 Å². The number of carbonyl (C=O) groups excluding carboxylic acids is 1. The van der Waals surface area contributed by atoms with Gasteiger partial charge in [0.25, 0.3) is 0 Å². The lowest BCUT2D eigenvalue weighted by Gasteiger charge is -2.28. The van der Waals surface area contributed by atoms with Crippen molar-refractivity contribution in [1.29, 1.82) is 0 Å². The molecule has 0 spiro atoms. The molecule has 0 radical (unpaired) electrons. The lowest BCUT2D eigenvalue weighted by atomic mass is 9.86. The van der Waals surface area contributed by atoms with Crippen molar-refractivity contribution in [1.82, 2.24) is 24.6 Å². The zero-order chi connectivity index (χ0) is 24.9. The van der Waals surface area contributed by atoms with Crippen LogP contribution >= 0.6 is 23.3 Å². The van der Waals surface area contributed by atoms with Crippen molar-refractivity contribution >= 4 is 41.0 Å². The van der Waals surface area contributed by atoms with Gasteiger partial charge in [0, 0.05) is 59.8 Å². The zero-order valence-corrected chi connectivity index (χ0v) is 22.5. The second kappa shape index (κ2) is 11.7. The Morgan fingerprint density at radius 3 is 2.72 bits per heavy atom. The highest BCUT2D eigenvalue weighted by Gasteiger charge is 2.26. The molecular weight excluding hydrogens is 492 g/mol. The average Bonchev–Trinajstić information content (AvgIpc) is 3.63. The fourth-order valence-electron chi connectivity index (χ4n) is 4.77. The SMILES string of the molecule is CC(C)OC(=O)N[C@H]1CC[C@H](c2ncc(-c3ccc(Nc4ncc[nH]4)cc3SN3CCCC3)s2)CC1. The lowest BCUT2D eigenvalue weighted by Crippen LogP contribution is -2.38. The maximum atomic E-state index is 11.9. The van der Waals surface area contributed by atoms with Crippen LogP contribution in [0.15, 0.2) is 41.7 Å². The average molecular weight is 527 g/mol. The number of anilines is 2. The monoisotopic (exact) mass is 526 g/mol. The number of H-pyrrole nitrogens is 1. The highest BCUT2D eigenvalue weighted by molar-refractivity contribution is 7.97.